The highest BCUT2D eigenvalue weighted by molar-refractivity contribution is 5.97. The maximum atomic E-state index is 13.7. The minimum atomic E-state index is -0.885. The first kappa shape index (κ1) is 25.2. The standard InChI is InChI=1S/C29H24FN3O7/c30-19-3-1-2-17(10-19)13-38-28(35)26-20(7-4-16-5-8-23-24(11-16)40-15-39-23)32-29(36)33-27(26)18-6-9-22-21(12-18)31-25(34)14-37-22/h1-3,5-6,8-12,27H,4,7,13-15H2,(H,31,34)(H2,32,33,36). The van der Waals surface area contributed by atoms with Crippen molar-refractivity contribution in [2.45, 2.75) is 25.5 Å². The molecule has 0 saturated carbocycles. The van der Waals surface area contributed by atoms with Gasteiger partial charge in [-0.1, -0.05) is 24.3 Å². The Morgan fingerprint density at radius 1 is 0.900 bits per heavy atom. The maximum absolute atomic E-state index is 13.7. The smallest absolute Gasteiger partial charge is 0.338 e. The van der Waals surface area contributed by atoms with Crippen molar-refractivity contribution in [2.24, 2.45) is 0 Å². The Balaban J connectivity index is 1.32. The van der Waals surface area contributed by atoms with Gasteiger partial charge in [0.05, 0.1) is 17.3 Å². The van der Waals surface area contributed by atoms with Gasteiger partial charge in [0.25, 0.3) is 5.91 Å². The van der Waals surface area contributed by atoms with Gasteiger partial charge in [0.2, 0.25) is 6.79 Å². The highest BCUT2D eigenvalue weighted by atomic mass is 19.1. The van der Waals surface area contributed by atoms with Crippen molar-refractivity contribution in [1.82, 2.24) is 10.6 Å². The summed E-state index contributed by atoms with van der Waals surface area (Å²) < 4.78 is 35.6. The van der Waals surface area contributed by atoms with Gasteiger partial charge < -0.3 is 34.9 Å². The van der Waals surface area contributed by atoms with E-state index >= 15 is 0 Å². The van der Waals surface area contributed by atoms with Gasteiger partial charge in [0.1, 0.15) is 18.2 Å². The number of anilines is 1. The molecule has 0 aromatic heterocycles. The molecule has 3 aromatic rings. The molecule has 3 amide bonds. The number of carbonyl (C=O) groups is 3. The van der Waals surface area contributed by atoms with E-state index in [-0.39, 0.29) is 31.5 Å². The summed E-state index contributed by atoms with van der Waals surface area (Å²) in [5.41, 5.74) is 2.94. The van der Waals surface area contributed by atoms with Crippen molar-refractivity contribution >= 4 is 23.6 Å². The molecule has 0 saturated heterocycles. The molecule has 0 aliphatic carbocycles. The average molecular weight is 546 g/mol. The first-order chi connectivity index (χ1) is 19.4. The lowest BCUT2D eigenvalue weighted by Gasteiger charge is -2.30. The van der Waals surface area contributed by atoms with E-state index in [1.165, 1.54) is 18.2 Å². The van der Waals surface area contributed by atoms with Crippen LogP contribution in [0.5, 0.6) is 17.2 Å². The molecule has 0 fully saturated rings. The molecule has 3 N–H and O–H groups in total. The Labute approximate surface area is 228 Å². The van der Waals surface area contributed by atoms with Gasteiger partial charge in [-0.05, 0) is 65.9 Å². The molecule has 0 spiro atoms. The summed E-state index contributed by atoms with van der Waals surface area (Å²) in [7, 11) is 0. The predicted octanol–water partition coefficient (Wildman–Crippen LogP) is 3.87. The fourth-order valence-electron chi connectivity index (χ4n) is 4.81. The fourth-order valence-corrected chi connectivity index (χ4v) is 4.81. The third-order valence-electron chi connectivity index (χ3n) is 6.70. The number of halogens is 1. The molecule has 10 nitrogen and oxygen atoms in total. The zero-order valence-corrected chi connectivity index (χ0v) is 21.1. The largest absolute Gasteiger partial charge is 0.482 e. The van der Waals surface area contributed by atoms with E-state index in [1.54, 1.807) is 24.3 Å². The molecule has 6 rings (SSSR count). The van der Waals surface area contributed by atoms with Gasteiger partial charge in [0.15, 0.2) is 18.1 Å². The summed E-state index contributed by atoms with van der Waals surface area (Å²) in [5, 5.41) is 8.30. The average Bonchev–Trinajstić information content (AvgIpc) is 3.42. The summed E-state index contributed by atoms with van der Waals surface area (Å²) in [5.74, 6) is 0.329. The van der Waals surface area contributed by atoms with E-state index in [9.17, 15) is 18.8 Å². The number of urea groups is 1. The fraction of sp³-hybridized carbons (Fsp3) is 0.207. The molecule has 3 aliphatic rings. The lowest BCUT2D eigenvalue weighted by atomic mass is 9.92. The van der Waals surface area contributed by atoms with Gasteiger partial charge >= 0.3 is 12.0 Å². The van der Waals surface area contributed by atoms with Crippen molar-refractivity contribution in [3.63, 3.8) is 0 Å². The number of carbonyl (C=O) groups excluding carboxylic acids is 3. The summed E-state index contributed by atoms with van der Waals surface area (Å²) in [6.07, 6.45) is 0.784. The summed E-state index contributed by atoms with van der Waals surface area (Å²) in [6.45, 7) is -0.108. The first-order valence-electron chi connectivity index (χ1n) is 12.6. The number of nitrogens with one attached hydrogen (secondary N) is 3. The number of aryl methyl sites for hydroxylation is 1. The highest BCUT2D eigenvalue weighted by Crippen LogP contribution is 2.36. The van der Waals surface area contributed by atoms with Crippen molar-refractivity contribution in [2.75, 3.05) is 18.7 Å². The topological polar surface area (TPSA) is 124 Å². The number of allylic oxidation sites excluding steroid dienone is 1. The second kappa shape index (κ2) is 10.6. The molecule has 3 aromatic carbocycles. The number of esters is 1. The van der Waals surface area contributed by atoms with Crippen LogP contribution >= 0.6 is 0 Å². The third-order valence-corrected chi connectivity index (χ3v) is 6.70. The van der Waals surface area contributed by atoms with Crippen molar-refractivity contribution < 1.29 is 37.7 Å². The van der Waals surface area contributed by atoms with Crippen LogP contribution < -0.4 is 30.2 Å². The number of benzene rings is 3. The first-order valence-corrected chi connectivity index (χ1v) is 12.6. The van der Waals surface area contributed by atoms with E-state index in [2.05, 4.69) is 16.0 Å². The second-order valence-corrected chi connectivity index (χ2v) is 9.41. The number of hydrogen-bond acceptors (Lipinski definition) is 7. The van der Waals surface area contributed by atoms with E-state index < -0.39 is 23.9 Å². The minimum Gasteiger partial charge on any atom is -0.482 e. The predicted molar refractivity (Wildman–Crippen MR) is 139 cm³/mol. The molecule has 0 radical (unpaired) electrons. The molecule has 1 atom stereocenters. The van der Waals surface area contributed by atoms with Gasteiger partial charge in [-0.2, -0.15) is 0 Å². The Morgan fingerprint density at radius 3 is 2.62 bits per heavy atom. The monoisotopic (exact) mass is 545 g/mol. The quantitative estimate of drug-likeness (QED) is 0.385. The zero-order valence-electron chi connectivity index (χ0n) is 21.1. The summed E-state index contributed by atoms with van der Waals surface area (Å²) in [4.78, 5) is 38.2. The number of hydrogen-bond donors (Lipinski definition) is 3. The molecular weight excluding hydrogens is 521 g/mol. The lowest BCUT2D eigenvalue weighted by Crippen LogP contribution is -2.46. The van der Waals surface area contributed by atoms with Gasteiger partial charge in [-0.15, -0.1) is 0 Å². The normalized spacial score (nSPS) is 17.3. The van der Waals surface area contributed by atoms with E-state index in [0.717, 1.165) is 5.56 Å². The van der Waals surface area contributed by atoms with Crippen LogP contribution in [0.15, 0.2) is 71.9 Å². The van der Waals surface area contributed by atoms with Crippen LogP contribution in [0, 0.1) is 5.82 Å². The van der Waals surface area contributed by atoms with Gasteiger partial charge in [0, 0.05) is 5.70 Å². The third kappa shape index (κ3) is 5.26. The minimum absolute atomic E-state index is 0.0992. The SMILES string of the molecule is O=C1COc2ccc(C3NC(=O)NC(CCc4ccc5c(c4)OCO5)=C3C(=O)OCc3cccc(F)c3)cc2N1. The summed E-state index contributed by atoms with van der Waals surface area (Å²) >= 11 is 0. The Kier molecular flexibility index (Phi) is 6.69. The van der Waals surface area contributed by atoms with Crippen molar-refractivity contribution in [1.29, 1.82) is 0 Å². The molecule has 204 valence electrons. The number of rotatable bonds is 7. The summed E-state index contributed by atoms with van der Waals surface area (Å²) in [6, 6.07) is 15.0. The highest BCUT2D eigenvalue weighted by Gasteiger charge is 2.34. The number of amides is 3. The second-order valence-electron chi connectivity index (χ2n) is 9.41. The van der Waals surface area contributed by atoms with Gasteiger partial charge in [-0.3, -0.25) is 4.79 Å². The number of fused-ring (bicyclic) bond motifs is 2. The van der Waals surface area contributed by atoms with Crippen LogP contribution in [0.25, 0.3) is 0 Å². The van der Waals surface area contributed by atoms with E-state index in [4.69, 9.17) is 18.9 Å². The van der Waals surface area contributed by atoms with Crippen LogP contribution in [0.1, 0.15) is 29.2 Å². The maximum Gasteiger partial charge on any atom is 0.338 e. The van der Waals surface area contributed by atoms with Crippen LogP contribution in [0.2, 0.25) is 0 Å². The lowest BCUT2D eigenvalue weighted by molar-refractivity contribution is -0.140. The molecule has 11 heteroatoms. The van der Waals surface area contributed by atoms with Crippen LogP contribution in [0.3, 0.4) is 0 Å². The van der Waals surface area contributed by atoms with E-state index in [1.807, 2.05) is 18.2 Å². The van der Waals surface area contributed by atoms with Crippen LogP contribution in [0.4, 0.5) is 14.9 Å². The molecular formula is C29H24FN3O7. The van der Waals surface area contributed by atoms with Crippen molar-refractivity contribution in [3.8, 4) is 17.2 Å². The Hall–Kier alpha value is -5.06. The van der Waals surface area contributed by atoms with Crippen LogP contribution in [-0.4, -0.2) is 31.3 Å². The molecule has 40 heavy (non-hydrogen) atoms. The molecule has 1 unspecified atom stereocenters. The van der Waals surface area contributed by atoms with Gasteiger partial charge in [-0.25, -0.2) is 14.0 Å². The van der Waals surface area contributed by atoms with Crippen LogP contribution in [-0.2, 0) is 27.4 Å². The van der Waals surface area contributed by atoms with E-state index in [0.29, 0.717) is 52.6 Å². The zero-order chi connectivity index (χ0) is 27.6. The molecule has 3 heterocycles. The molecule has 3 aliphatic heterocycles. The van der Waals surface area contributed by atoms with Crippen molar-refractivity contribution in [3.05, 3.63) is 94.4 Å². The Bertz CT molecular complexity index is 1550. The number of ether oxygens (including phenoxy) is 4. The molecule has 0 bridgehead atoms. The Morgan fingerprint density at radius 2 is 1.75 bits per heavy atom.